The van der Waals surface area contributed by atoms with Crippen molar-refractivity contribution in [3.05, 3.63) is 48.5 Å². The summed E-state index contributed by atoms with van der Waals surface area (Å²) >= 11 is 0. The maximum Gasteiger partial charge on any atom is 0.171 e. The molecular weight excluding hydrogens is 408 g/mol. The summed E-state index contributed by atoms with van der Waals surface area (Å²) in [4.78, 5) is 9.35. The van der Waals surface area contributed by atoms with E-state index in [1.807, 2.05) is 28.7 Å². The largest absolute Gasteiger partial charge is 0.495 e. The number of ether oxygens (including phenoxy) is 3. The van der Waals surface area contributed by atoms with Crippen molar-refractivity contribution in [3.8, 4) is 17.2 Å². The second-order valence-electron chi connectivity index (χ2n) is 7.71. The Balaban J connectivity index is 1.35. The van der Waals surface area contributed by atoms with Crippen molar-refractivity contribution >= 4 is 22.2 Å². The summed E-state index contributed by atoms with van der Waals surface area (Å²) in [6.45, 7) is 4.42. The molecule has 0 saturated carbocycles. The maximum atomic E-state index is 5.52. The number of hydrogen-bond acceptors (Lipinski definition) is 8. The molecule has 1 aliphatic heterocycles. The Labute approximate surface area is 186 Å². The summed E-state index contributed by atoms with van der Waals surface area (Å²) in [6, 6.07) is 11.9. The molecular formula is C23H26N6O3. The molecule has 0 N–H and O–H groups in total. The molecule has 166 valence electrons. The van der Waals surface area contributed by atoms with E-state index in [-0.39, 0.29) is 0 Å². The third-order valence-electron chi connectivity index (χ3n) is 5.98. The normalized spacial score (nSPS) is 14.8. The first kappa shape index (κ1) is 20.3. The van der Waals surface area contributed by atoms with Gasteiger partial charge in [0.1, 0.15) is 12.1 Å². The van der Waals surface area contributed by atoms with Crippen LogP contribution in [-0.4, -0.2) is 72.0 Å². The number of fused-ring (bicyclic) bond motifs is 3. The Bertz CT molecular complexity index is 1250. The number of methoxy groups -OCH3 is 3. The van der Waals surface area contributed by atoms with Crippen LogP contribution in [0.3, 0.4) is 0 Å². The molecule has 5 rings (SSSR count). The van der Waals surface area contributed by atoms with Gasteiger partial charge in [0.2, 0.25) is 0 Å². The van der Waals surface area contributed by atoms with E-state index < -0.39 is 0 Å². The first-order valence-electron chi connectivity index (χ1n) is 10.6. The van der Waals surface area contributed by atoms with Crippen molar-refractivity contribution in [2.45, 2.75) is 6.54 Å². The Morgan fingerprint density at radius 2 is 1.56 bits per heavy atom. The van der Waals surface area contributed by atoms with Gasteiger partial charge in [-0.1, -0.05) is 12.1 Å². The lowest BCUT2D eigenvalue weighted by Gasteiger charge is -2.36. The molecule has 0 bridgehead atoms. The third-order valence-corrected chi connectivity index (χ3v) is 5.98. The number of nitrogens with zero attached hydrogens (tertiary/aromatic N) is 6. The lowest BCUT2D eigenvalue weighted by Crippen LogP contribution is -2.46. The number of rotatable bonds is 6. The lowest BCUT2D eigenvalue weighted by molar-refractivity contribution is 0.242. The second kappa shape index (κ2) is 8.51. The maximum absolute atomic E-state index is 5.52. The van der Waals surface area contributed by atoms with Crippen molar-refractivity contribution in [1.82, 2.24) is 24.5 Å². The minimum Gasteiger partial charge on any atom is -0.495 e. The van der Waals surface area contributed by atoms with E-state index in [0.717, 1.165) is 60.0 Å². The van der Waals surface area contributed by atoms with Gasteiger partial charge in [0.25, 0.3) is 0 Å². The van der Waals surface area contributed by atoms with Crippen LogP contribution in [0.5, 0.6) is 17.2 Å². The molecule has 0 radical (unpaired) electrons. The summed E-state index contributed by atoms with van der Waals surface area (Å²) in [7, 11) is 4.96. The molecule has 3 heterocycles. The fourth-order valence-corrected chi connectivity index (χ4v) is 4.25. The summed E-state index contributed by atoms with van der Waals surface area (Å²) in [5, 5.41) is 9.80. The molecule has 0 spiro atoms. The van der Waals surface area contributed by atoms with Gasteiger partial charge in [-0.2, -0.15) is 0 Å². The van der Waals surface area contributed by atoms with Crippen molar-refractivity contribution in [3.63, 3.8) is 0 Å². The molecule has 2 aromatic carbocycles. The summed E-state index contributed by atoms with van der Waals surface area (Å²) in [6.07, 6.45) is 1.78. The van der Waals surface area contributed by atoms with E-state index in [1.165, 1.54) is 0 Å². The quantitative estimate of drug-likeness (QED) is 0.458. The number of hydrogen-bond donors (Lipinski definition) is 0. The Morgan fingerprint density at radius 1 is 0.844 bits per heavy atom. The molecule has 9 heteroatoms. The second-order valence-corrected chi connectivity index (χ2v) is 7.71. The predicted octanol–water partition coefficient (Wildman–Crippen LogP) is 2.63. The van der Waals surface area contributed by atoms with Crippen molar-refractivity contribution in [1.29, 1.82) is 0 Å². The van der Waals surface area contributed by atoms with Crippen molar-refractivity contribution in [2.75, 3.05) is 52.4 Å². The number of anilines is 1. The summed E-state index contributed by atoms with van der Waals surface area (Å²) < 4.78 is 18.3. The van der Waals surface area contributed by atoms with Crippen molar-refractivity contribution in [2.24, 2.45) is 0 Å². The van der Waals surface area contributed by atoms with Crippen LogP contribution in [0.4, 0.5) is 5.69 Å². The fraction of sp³-hybridized carbons (Fsp3) is 0.348. The van der Waals surface area contributed by atoms with Crippen LogP contribution in [0, 0.1) is 0 Å². The van der Waals surface area contributed by atoms with E-state index in [0.29, 0.717) is 18.0 Å². The number of piperazine rings is 1. The molecule has 1 fully saturated rings. The Hall–Kier alpha value is -3.59. The molecule has 0 unspecified atom stereocenters. The molecule has 2 aromatic heterocycles. The smallest absolute Gasteiger partial charge is 0.171 e. The van der Waals surface area contributed by atoms with E-state index in [4.69, 9.17) is 14.2 Å². The van der Waals surface area contributed by atoms with Gasteiger partial charge in [-0.3, -0.25) is 9.30 Å². The molecule has 1 aliphatic rings. The first-order valence-corrected chi connectivity index (χ1v) is 10.6. The molecule has 0 atom stereocenters. The highest BCUT2D eigenvalue weighted by Crippen LogP contribution is 2.33. The van der Waals surface area contributed by atoms with Gasteiger partial charge in [-0.15, -0.1) is 10.2 Å². The molecule has 0 aliphatic carbocycles. The SMILES string of the molecule is COc1cc2ncn3c(CN4CCN(c5ccccc5OC)CC4)nnc3c2cc1OC. The molecule has 1 saturated heterocycles. The van der Waals surface area contributed by atoms with E-state index in [1.54, 1.807) is 27.7 Å². The molecule has 32 heavy (non-hydrogen) atoms. The minimum atomic E-state index is 0.643. The highest BCUT2D eigenvalue weighted by Gasteiger charge is 2.22. The lowest BCUT2D eigenvalue weighted by atomic mass is 10.2. The van der Waals surface area contributed by atoms with E-state index >= 15 is 0 Å². The van der Waals surface area contributed by atoms with Gasteiger partial charge in [0, 0.05) is 37.6 Å². The first-order chi connectivity index (χ1) is 15.7. The topological polar surface area (TPSA) is 77.3 Å². The standard InChI is InChI=1S/C23H26N6O3/c1-30-19-7-5-4-6-18(19)28-10-8-27(9-11-28)14-22-25-26-23-16-12-20(31-2)21(32-3)13-17(16)24-15-29(22)23/h4-7,12-13,15H,8-11,14H2,1-3H3. The van der Waals surface area contributed by atoms with Crippen LogP contribution in [-0.2, 0) is 6.54 Å². The van der Waals surface area contributed by atoms with Gasteiger partial charge in [-0.05, 0) is 18.2 Å². The zero-order valence-corrected chi connectivity index (χ0v) is 18.5. The van der Waals surface area contributed by atoms with Gasteiger partial charge in [0.05, 0.1) is 39.1 Å². The van der Waals surface area contributed by atoms with Crippen LogP contribution >= 0.6 is 0 Å². The van der Waals surface area contributed by atoms with Crippen molar-refractivity contribution < 1.29 is 14.2 Å². The van der Waals surface area contributed by atoms with E-state index in [9.17, 15) is 0 Å². The summed E-state index contributed by atoms with van der Waals surface area (Å²) in [5.74, 6) is 3.07. The number of aromatic nitrogens is 4. The fourth-order valence-electron chi connectivity index (χ4n) is 4.25. The van der Waals surface area contributed by atoms with Gasteiger partial charge in [-0.25, -0.2) is 4.98 Å². The van der Waals surface area contributed by atoms with Crippen LogP contribution in [0.2, 0.25) is 0 Å². The monoisotopic (exact) mass is 434 g/mol. The number of para-hydroxylation sites is 2. The Kier molecular flexibility index (Phi) is 5.40. The zero-order valence-electron chi connectivity index (χ0n) is 18.5. The average Bonchev–Trinajstić information content (AvgIpc) is 3.26. The molecule has 9 nitrogen and oxygen atoms in total. The predicted molar refractivity (Wildman–Crippen MR) is 122 cm³/mol. The van der Waals surface area contributed by atoms with Gasteiger partial charge < -0.3 is 19.1 Å². The molecule has 0 amide bonds. The highest BCUT2D eigenvalue weighted by molar-refractivity contribution is 5.93. The van der Waals surface area contributed by atoms with Gasteiger partial charge in [0.15, 0.2) is 23.0 Å². The van der Waals surface area contributed by atoms with Crippen LogP contribution in [0.25, 0.3) is 16.6 Å². The third kappa shape index (κ3) is 3.54. The van der Waals surface area contributed by atoms with Crippen LogP contribution < -0.4 is 19.1 Å². The number of benzene rings is 2. The summed E-state index contributed by atoms with van der Waals surface area (Å²) in [5.41, 5.74) is 2.70. The average molecular weight is 435 g/mol. The minimum absolute atomic E-state index is 0.643. The molecule has 4 aromatic rings. The highest BCUT2D eigenvalue weighted by atomic mass is 16.5. The van der Waals surface area contributed by atoms with Crippen LogP contribution in [0.1, 0.15) is 5.82 Å². The Morgan fingerprint density at radius 3 is 2.31 bits per heavy atom. The van der Waals surface area contributed by atoms with Gasteiger partial charge >= 0.3 is 0 Å². The van der Waals surface area contributed by atoms with E-state index in [2.05, 4.69) is 37.1 Å². The van der Waals surface area contributed by atoms with Crippen LogP contribution in [0.15, 0.2) is 42.7 Å². The zero-order chi connectivity index (χ0) is 22.1.